The highest BCUT2D eigenvalue weighted by molar-refractivity contribution is 5.63. The smallest absolute Gasteiger partial charge is 0.203 e. The fraction of sp³-hybridized carbons (Fsp3) is 0.500. The molecule has 0 amide bonds. The first-order valence-electron chi connectivity index (χ1n) is 5.47. The minimum atomic E-state index is 0.485. The Morgan fingerprint density at radius 1 is 1.50 bits per heavy atom. The lowest BCUT2D eigenvalue weighted by molar-refractivity contribution is 0.482. The molecule has 1 atom stereocenters. The molecular formula is C10H14N6. The van der Waals surface area contributed by atoms with E-state index in [9.17, 15) is 0 Å². The molecule has 6 nitrogen and oxygen atoms in total. The molecule has 1 unspecified atom stereocenters. The summed E-state index contributed by atoms with van der Waals surface area (Å²) in [6, 6.07) is 0.485. The predicted molar refractivity (Wildman–Crippen MR) is 60.5 cm³/mol. The van der Waals surface area contributed by atoms with E-state index in [1.807, 2.05) is 10.6 Å². The van der Waals surface area contributed by atoms with Gasteiger partial charge in [0.25, 0.3) is 0 Å². The van der Waals surface area contributed by atoms with Crippen LogP contribution in [-0.2, 0) is 0 Å². The first-order chi connectivity index (χ1) is 7.84. The van der Waals surface area contributed by atoms with E-state index >= 15 is 0 Å². The van der Waals surface area contributed by atoms with Crippen LogP contribution in [-0.4, -0.2) is 45.3 Å². The summed E-state index contributed by atoms with van der Waals surface area (Å²) >= 11 is 0. The van der Waals surface area contributed by atoms with E-state index in [1.54, 1.807) is 12.5 Å². The Balaban J connectivity index is 2.01. The van der Waals surface area contributed by atoms with Crippen LogP contribution in [0.1, 0.15) is 6.92 Å². The van der Waals surface area contributed by atoms with Crippen molar-refractivity contribution in [1.82, 2.24) is 24.9 Å². The quantitative estimate of drug-likeness (QED) is 0.725. The molecule has 3 rings (SSSR count). The molecule has 2 aromatic rings. The molecule has 2 aromatic heterocycles. The zero-order valence-corrected chi connectivity index (χ0v) is 9.17. The summed E-state index contributed by atoms with van der Waals surface area (Å²) < 4.78 is 1.90. The van der Waals surface area contributed by atoms with E-state index in [2.05, 4.69) is 32.3 Å². The number of nitrogens with one attached hydrogen (secondary N) is 1. The van der Waals surface area contributed by atoms with Gasteiger partial charge in [0.15, 0.2) is 5.82 Å². The van der Waals surface area contributed by atoms with Crippen LogP contribution in [0.4, 0.5) is 5.82 Å². The van der Waals surface area contributed by atoms with Gasteiger partial charge in [-0.15, -0.1) is 10.2 Å². The van der Waals surface area contributed by atoms with E-state index < -0.39 is 0 Å². The maximum absolute atomic E-state index is 4.41. The van der Waals surface area contributed by atoms with Crippen molar-refractivity contribution < 1.29 is 0 Å². The Kier molecular flexibility index (Phi) is 2.21. The molecule has 84 valence electrons. The summed E-state index contributed by atoms with van der Waals surface area (Å²) in [5.41, 5.74) is 0.830. The van der Waals surface area contributed by atoms with Gasteiger partial charge >= 0.3 is 0 Å². The van der Waals surface area contributed by atoms with Gasteiger partial charge in [0.1, 0.15) is 6.33 Å². The van der Waals surface area contributed by atoms with E-state index in [0.717, 1.165) is 31.1 Å². The van der Waals surface area contributed by atoms with E-state index in [4.69, 9.17) is 0 Å². The monoisotopic (exact) mass is 218 g/mol. The molecule has 3 heterocycles. The number of rotatable bonds is 1. The summed E-state index contributed by atoms with van der Waals surface area (Å²) in [5, 5.41) is 11.4. The molecule has 6 heteroatoms. The highest BCUT2D eigenvalue weighted by Gasteiger charge is 2.19. The van der Waals surface area contributed by atoms with Gasteiger partial charge in [0.05, 0.1) is 0 Å². The molecule has 0 aromatic carbocycles. The minimum Gasteiger partial charge on any atom is -0.351 e. The van der Waals surface area contributed by atoms with Crippen LogP contribution >= 0.6 is 0 Å². The van der Waals surface area contributed by atoms with Crippen LogP contribution in [0.3, 0.4) is 0 Å². The average Bonchev–Trinajstić information content (AvgIpc) is 2.76. The lowest BCUT2D eigenvalue weighted by Gasteiger charge is -2.32. The molecule has 0 spiro atoms. The van der Waals surface area contributed by atoms with Crippen LogP contribution < -0.4 is 10.2 Å². The Labute approximate surface area is 93.3 Å². The van der Waals surface area contributed by atoms with Crippen molar-refractivity contribution in [3.8, 4) is 0 Å². The highest BCUT2D eigenvalue weighted by atomic mass is 15.3. The zero-order valence-electron chi connectivity index (χ0n) is 9.17. The third-order valence-corrected chi connectivity index (χ3v) is 2.87. The Bertz CT molecular complexity index is 493. The molecular weight excluding hydrogens is 204 g/mol. The van der Waals surface area contributed by atoms with Gasteiger partial charge < -0.3 is 10.2 Å². The van der Waals surface area contributed by atoms with Gasteiger partial charge in [-0.3, -0.25) is 4.40 Å². The second-order valence-corrected chi connectivity index (χ2v) is 4.11. The number of aromatic nitrogens is 4. The van der Waals surface area contributed by atoms with Gasteiger partial charge in [-0.1, -0.05) is 0 Å². The third kappa shape index (κ3) is 1.51. The van der Waals surface area contributed by atoms with E-state index in [-0.39, 0.29) is 0 Å². The van der Waals surface area contributed by atoms with E-state index in [0.29, 0.717) is 6.04 Å². The van der Waals surface area contributed by atoms with Crippen LogP contribution in [0.25, 0.3) is 5.65 Å². The van der Waals surface area contributed by atoms with Gasteiger partial charge in [0, 0.05) is 38.1 Å². The van der Waals surface area contributed by atoms with Gasteiger partial charge in [0.2, 0.25) is 5.65 Å². The summed E-state index contributed by atoms with van der Waals surface area (Å²) in [6.07, 6.45) is 5.36. The lowest BCUT2D eigenvalue weighted by atomic mass is 10.2. The summed E-state index contributed by atoms with van der Waals surface area (Å²) in [5.74, 6) is 0.924. The van der Waals surface area contributed by atoms with Crippen molar-refractivity contribution in [2.24, 2.45) is 0 Å². The maximum Gasteiger partial charge on any atom is 0.203 e. The number of anilines is 1. The SMILES string of the molecule is CC1CN(c2nccn3cnnc23)CCN1. The number of hydrogen-bond donors (Lipinski definition) is 1. The predicted octanol–water partition coefficient (Wildman–Crippen LogP) is -0.0776. The largest absolute Gasteiger partial charge is 0.351 e. The fourth-order valence-corrected chi connectivity index (χ4v) is 2.09. The van der Waals surface area contributed by atoms with Crippen LogP contribution in [0.15, 0.2) is 18.7 Å². The molecule has 0 saturated carbocycles. The highest BCUT2D eigenvalue weighted by Crippen LogP contribution is 2.17. The van der Waals surface area contributed by atoms with Crippen molar-refractivity contribution in [2.75, 3.05) is 24.5 Å². The summed E-state index contributed by atoms with van der Waals surface area (Å²) in [4.78, 5) is 6.67. The standard InChI is InChI=1S/C10H14N6/c1-8-6-15(4-2-11-8)9-10-14-13-7-16(10)5-3-12-9/h3,5,7-8,11H,2,4,6H2,1H3. The first-order valence-corrected chi connectivity index (χ1v) is 5.47. The minimum absolute atomic E-state index is 0.485. The lowest BCUT2D eigenvalue weighted by Crippen LogP contribution is -2.49. The molecule has 1 fully saturated rings. The number of hydrogen-bond acceptors (Lipinski definition) is 5. The Morgan fingerprint density at radius 2 is 2.44 bits per heavy atom. The molecule has 0 radical (unpaired) electrons. The number of nitrogens with zero attached hydrogens (tertiary/aromatic N) is 5. The molecule has 1 aliphatic rings. The molecule has 16 heavy (non-hydrogen) atoms. The van der Waals surface area contributed by atoms with Crippen molar-refractivity contribution in [2.45, 2.75) is 13.0 Å². The van der Waals surface area contributed by atoms with Gasteiger partial charge in [-0.2, -0.15) is 0 Å². The second-order valence-electron chi connectivity index (χ2n) is 4.11. The van der Waals surface area contributed by atoms with Crippen molar-refractivity contribution in [3.05, 3.63) is 18.7 Å². The summed E-state index contributed by atoms with van der Waals surface area (Å²) in [6.45, 7) is 5.08. The average molecular weight is 218 g/mol. The van der Waals surface area contributed by atoms with Crippen LogP contribution in [0, 0.1) is 0 Å². The summed E-state index contributed by atoms with van der Waals surface area (Å²) in [7, 11) is 0. The van der Waals surface area contributed by atoms with Crippen LogP contribution in [0.2, 0.25) is 0 Å². The zero-order chi connectivity index (χ0) is 11.0. The van der Waals surface area contributed by atoms with Crippen molar-refractivity contribution in [1.29, 1.82) is 0 Å². The fourth-order valence-electron chi connectivity index (χ4n) is 2.09. The van der Waals surface area contributed by atoms with E-state index in [1.165, 1.54) is 0 Å². The second kappa shape index (κ2) is 3.71. The van der Waals surface area contributed by atoms with Gasteiger partial charge in [-0.05, 0) is 6.92 Å². The van der Waals surface area contributed by atoms with Gasteiger partial charge in [-0.25, -0.2) is 4.98 Å². The van der Waals surface area contributed by atoms with Crippen LogP contribution in [0.5, 0.6) is 0 Å². The first kappa shape index (κ1) is 9.53. The molecule has 1 N–H and O–H groups in total. The molecule has 1 aliphatic heterocycles. The normalized spacial score (nSPS) is 21.6. The van der Waals surface area contributed by atoms with Crippen molar-refractivity contribution in [3.63, 3.8) is 0 Å². The number of piperazine rings is 1. The molecule has 1 saturated heterocycles. The number of fused-ring (bicyclic) bond motifs is 1. The third-order valence-electron chi connectivity index (χ3n) is 2.87. The Hall–Kier alpha value is -1.69. The topological polar surface area (TPSA) is 58.4 Å². The van der Waals surface area contributed by atoms with Crippen molar-refractivity contribution >= 4 is 11.5 Å². The Morgan fingerprint density at radius 3 is 3.31 bits per heavy atom. The molecule has 0 bridgehead atoms. The molecule has 0 aliphatic carbocycles. The maximum atomic E-state index is 4.41.